The summed E-state index contributed by atoms with van der Waals surface area (Å²) in [5, 5.41) is 23.1. The van der Waals surface area contributed by atoms with E-state index in [2.05, 4.69) is 41.1 Å². The van der Waals surface area contributed by atoms with Gasteiger partial charge in [-0.05, 0) is 68.5 Å². The van der Waals surface area contributed by atoms with Crippen LogP contribution in [-0.4, -0.2) is 35.1 Å². The normalized spacial score (nSPS) is 14.1. The van der Waals surface area contributed by atoms with Gasteiger partial charge in [-0.15, -0.1) is 5.10 Å². The van der Waals surface area contributed by atoms with Crippen molar-refractivity contribution >= 4 is 0 Å². The molecule has 4 aromatic rings. The molecule has 0 radical (unpaired) electrons. The number of aliphatic hydroxyl groups excluding tert-OH is 1. The smallest absolute Gasteiger partial charge is 0.250 e. The Morgan fingerprint density at radius 2 is 1.78 bits per heavy atom. The van der Waals surface area contributed by atoms with Gasteiger partial charge in [0.2, 0.25) is 0 Å². The lowest BCUT2D eigenvalue weighted by molar-refractivity contribution is 0.193. The molecule has 0 saturated carbocycles. The summed E-state index contributed by atoms with van der Waals surface area (Å²) < 4.78 is 30.6. The maximum absolute atomic E-state index is 14.5. The van der Waals surface area contributed by atoms with E-state index < -0.39 is 23.2 Å². The van der Waals surface area contributed by atoms with Crippen LogP contribution in [-0.2, 0) is 11.8 Å². The Hall–Kier alpha value is -3.59. The summed E-state index contributed by atoms with van der Waals surface area (Å²) in [4.78, 5) is 9.24. The zero-order valence-corrected chi connectivity index (χ0v) is 21.8. The fourth-order valence-corrected chi connectivity index (χ4v) is 4.80. The fourth-order valence-electron chi connectivity index (χ4n) is 4.80. The lowest BCUT2D eigenvalue weighted by atomic mass is 9.74. The molecule has 194 valence electrons. The number of benzene rings is 1. The van der Waals surface area contributed by atoms with Crippen LogP contribution in [0.3, 0.4) is 0 Å². The van der Waals surface area contributed by atoms with E-state index in [1.165, 1.54) is 22.9 Å². The lowest BCUT2D eigenvalue weighted by Gasteiger charge is -2.32. The van der Waals surface area contributed by atoms with E-state index in [0.717, 1.165) is 23.4 Å². The minimum atomic E-state index is -0.708. The molecule has 0 spiro atoms. The molecule has 0 aliphatic heterocycles. The fraction of sp³-hybridized carbons (Fsp3) is 0.393. The van der Waals surface area contributed by atoms with Crippen LogP contribution >= 0.6 is 0 Å². The van der Waals surface area contributed by atoms with Crippen molar-refractivity contribution in [2.24, 2.45) is 5.92 Å². The molecule has 4 rings (SSSR count). The van der Waals surface area contributed by atoms with Gasteiger partial charge in [-0.3, -0.25) is 0 Å². The largest absolute Gasteiger partial charge is 0.387 e. The summed E-state index contributed by atoms with van der Waals surface area (Å²) in [7, 11) is 0. The van der Waals surface area contributed by atoms with E-state index >= 15 is 0 Å². The maximum Gasteiger partial charge on any atom is 0.250 e. The second-order valence-corrected chi connectivity index (χ2v) is 9.98. The molecule has 0 aliphatic carbocycles. The van der Waals surface area contributed by atoms with Gasteiger partial charge in [0.25, 0.3) is 5.95 Å². The molecule has 9 heteroatoms. The van der Waals surface area contributed by atoms with Gasteiger partial charge in [-0.25, -0.2) is 23.4 Å². The SMILES string of the molecule is CCCc1cc(-c2c(F)cccc2F)nnc1[C@@](C)(CC(C)C)c1ccnc(-n2ccc([C@H](C)O)n2)n1. The van der Waals surface area contributed by atoms with Crippen molar-refractivity contribution in [1.82, 2.24) is 29.9 Å². The monoisotopic (exact) mass is 506 g/mol. The molecule has 7 nitrogen and oxygen atoms in total. The van der Waals surface area contributed by atoms with Gasteiger partial charge in [-0.2, -0.15) is 10.2 Å². The highest BCUT2D eigenvalue weighted by Gasteiger charge is 2.36. The summed E-state index contributed by atoms with van der Waals surface area (Å²) in [6.45, 7) is 10.0. The molecule has 1 aromatic carbocycles. The minimum absolute atomic E-state index is 0.167. The van der Waals surface area contributed by atoms with Gasteiger partial charge in [0.15, 0.2) is 0 Å². The van der Waals surface area contributed by atoms with Crippen LogP contribution < -0.4 is 0 Å². The highest BCUT2D eigenvalue weighted by Crippen LogP contribution is 2.39. The first-order chi connectivity index (χ1) is 17.6. The number of aliphatic hydroxyl groups is 1. The van der Waals surface area contributed by atoms with Gasteiger partial charge in [0.1, 0.15) is 11.6 Å². The Bertz CT molecular complexity index is 1370. The number of hydrogen-bond donors (Lipinski definition) is 1. The zero-order valence-electron chi connectivity index (χ0n) is 21.8. The molecule has 2 atom stereocenters. The number of nitrogens with zero attached hydrogens (tertiary/aromatic N) is 6. The predicted molar refractivity (Wildman–Crippen MR) is 137 cm³/mol. The van der Waals surface area contributed by atoms with E-state index in [9.17, 15) is 13.9 Å². The van der Waals surface area contributed by atoms with Crippen molar-refractivity contribution in [1.29, 1.82) is 0 Å². The van der Waals surface area contributed by atoms with Gasteiger partial charge >= 0.3 is 0 Å². The number of aryl methyl sites for hydroxylation is 1. The number of rotatable bonds is 9. The third-order valence-electron chi connectivity index (χ3n) is 6.40. The van der Waals surface area contributed by atoms with Crippen LogP contribution in [0.5, 0.6) is 0 Å². The third kappa shape index (κ3) is 5.41. The van der Waals surface area contributed by atoms with E-state index in [4.69, 9.17) is 4.98 Å². The van der Waals surface area contributed by atoms with Crippen molar-refractivity contribution < 1.29 is 13.9 Å². The van der Waals surface area contributed by atoms with Crippen LogP contribution in [0.25, 0.3) is 17.2 Å². The standard InChI is InChI=1S/C28H32F2N6O/c1-6-8-19-15-23(25-20(29)9-7-10-21(25)30)33-34-26(19)28(5,16-17(2)3)24-11-13-31-27(32-24)36-14-12-22(35-36)18(4)37/h7,9-15,17-18,37H,6,8,16H2,1-5H3/t18-,28-/m0/s1. The molecular weight excluding hydrogens is 474 g/mol. The number of aromatic nitrogens is 6. The average Bonchev–Trinajstić information content (AvgIpc) is 3.35. The molecule has 0 saturated heterocycles. The first-order valence-electron chi connectivity index (χ1n) is 12.5. The van der Waals surface area contributed by atoms with E-state index in [0.29, 0.717) is 24.5 Å². The van der Waals surface area contributed by atoms with Crippen molar-refractivity contribution in [3.05, 3.63) is 83.1 Å². The third-order valence-corrected chi connectivity index (χ3v) is 6.40. The molecule has 0 aliphatic rings. The second kappa shape index (κ2) is 10.8. The zero-order chi connectivity index (χ0) is 26.7. The van der Waals surface area contributed by atoms with E-state index in [1.807, 2.05) is 13.0 Å². The van der Waals surface area contributed by atoms with Crippen LogP contribution in [0, 0.1) is 17.6 Å². The van der Waals surface area contributed by atoms with Crippen LogP contribution in [0.4, 0.5) is 8.78 Å². The molecule has 1 N–H and O–H groups in total. The lowest BCUT2D eigenvalue weighted by Crippen LogP contribution is -2.31. The van der Waals surface area contributed by atoms with Crippen LogP contribution in [0.1, 0.15) is 76.2 Å². The molecule has 37 heavy (non-hydrogen) atoms. The number of halogens is 2. The highest BCUT2D eigenvalue weighted by atomic mass is 19.1. The molecule has 3 heterocycles. The Balaban J connectivity index is 1.86. The van der Waals surface area contributed by atoms with Gasteiger partial charge in [0.05, 0.1) is 39.9 Å². The topological polar surface area (TPSA) is 89.6 Å². The van der Waals surface area contributed by atoms with Crippen molar-refractivity contribution in [2.45, 2.75) is 65.4 Å². The molecule has 0 amide bonds. The molecular formula is C28H32F2N6O. The molecule has 3 aromatic heterocycles. The molecule has 0 bridgehead atoms. The highest BCUT2D eigenvalue weighted by molar-refractivity contribution is 5.61. The summed E-state index contributed by atoms with van der Waals surface area (Å²) >= 11 is 0. The van der Waals surface area contributed by atoms with Crippen molar-refractivity contribution in [3.63, 3.8) is 0 Å². The first-order valence-corrected chi connectivity index (χ1v) is 12.5. The summed E-state index contributed by atoms with van der Waals surface area (Å²) in [6.07, 6.45) is 4.87. The van der Waals surface area contributed by atoms with E-state index in [1.54, 1.807) is 31.5 Å². The van der Waals surface area contributed by atoms with Gasteiger partial charge in [-0.1, -0.05) is 33.3 Å². The second-order valence-electron chi connectivity index (χ2n) is 9.98. The number of hydrogen-bond acceptors (Lipinski definition) is 6. The average molecular weight is 507 g/mol. The van der Waals surface area contributed by atoms with Gasteiger partial charge < -0.3 is 5.11 Å². The Labute approximate surface area is 215 Å². The Morgan fingerprint density at radius 3 is 2.41 bits per heavy atom. The maximum atomic E-state index is 14.5. The van der Waals surface area contributed by atoms with Gasteiger partial charge in [0, 0.05) is 12.4 Å². The van der Waals surface area contributed by atoms with Crippen LogP contribution in [0.2, 0.25) is 0 Å². The minimum Gasteiger partial charge on any atom is -0.387 e. The summed E-state index contributed by atoms with van der Waals surface area (Å²) in [5.41, 5.74) is 2.17. The first kappa shape index (κ1) is 26.5. The van der Waals surface area contributed by atoms with E-state index in [-0.39, 0.29) is 17.2 Å². The van der Waals surface area contributed by atoms with Crippen LogP contribution in [0.15, 0.2) is 48.8 Å². The van der Waals surface area contributed by atoms with Crippen molar-refractivity contribution in [2.75, 3.05) is 0 Å². The van der Waals surface area contributed by atoms with Crippen molar-refractivity contribution in [3.8, 4) is 17.2 Å². The summed E-state index contributed by atoms with van der Waals surface area (Å²) in [5.74, 6) is -0.694. The molecule has 0 unspecified atom stereocenters. The Kier molecular flexibility index (Phi) is 7.73. The summed E-state index contributed by atoms with van der Waals surface area (Å²) in [6, 6.07) is 9.09. The quantitative estimate of drug-likeness (QED) is 0.311. The molecule has 0 fully saturated rings. The predicted octanol–water partition coefficient (Wildman–Crippen LogP) is 5.76. The Morgan fingerprint density at radius 1 is 1.05 bits per heavy atom.